The Morgan fingerprint density at radius 3 is 2.94 bits per heavy atom. The Morgan fingerprint density at radius 2 is 2.18 bits per heavy atom. The topological polar surface area (TPSA) is 58.5 Å². The van der Waals surface area contributed by atoms with E-state index >= 15 is 0 Å². The van der Waals surface area contributed by atoms with Crippen molar-refractivity contribution in [2.45, 2.75) is 6.61 Å². The van der Waals surface area contributed by atoms with Crippen molar-refractivity contribution >= 4 is 6.21 Å². The number of furan rings is 1. The fourth-order valence-electron chi connectivity index (χ4n) is 1.32. The Labute approximate surface area is 98.7 Å². The molecular weight excluding hydrogens is 216 g/mol. The van der Waals surface area contributed by atoms with Crippen LogP contribution >= 0.6 is 0 Å². The molecule has 0 radical (unpaired) electrons. The highest BCUT2D eigenvalue weighted by Gasteiger charge is 1.99. The van der Waals surface area contributed by atoms with Crippen molar-refractivity contribution in [3.63, 3.8) is 0 Å². The van der Waals surface area contributed by atoms with Crippen LogP contribution in [-0.2, 0) is 11.4 Å². The van der Waals surface area contributed by atoms with Crippen molar-refractivity contribution in [1.82, 2.24) is 0 Å². The first-order chi connectivity index (χ1) is 8.40. The van der Waals surface area contributed by atoms with Crippen LogP contribution in [0.15, 0.2) is 52.2 Å². The minimum atomic E-state index is 0.265. The standard InChI is InChI=1S/C13H10N2O2/c14-8-11-4-1-2-5-12(11)10-17-15-9-13-6-3-7-16-13/h1-7,9H,10H2/b15-9+. The zero-order valence-electron chi connectivity index (χ0n) is 9.04. The van der Waals surface area contributed by atoms with E-state index in [-0.39, 0.29) is 6.61 Å². The molecular formula is C13H10N2O2. The lowest BCUT2D eigenvalue weighted by Crippen LogP contribution is -1.91. The van der Waals surface area contributed by atoms with E-state index in [2.05, 4.69) is 11.2 Å². The molecule has 2 rings (SSSR count). The first kappa shape index (κ1) is 11.0. The van der Waals surface area contributed by atoms with Gasteiger partial charge in [0.05, 0.1) is 17.9 Å². The quantitative estimate of drug-likeness (QED) is 0.594. The molecule has 0 atom stereocenters. The van der Waals surface area contributed by atoms with Crippen molar-refractivity contribution < 1.29 is 9.25 Å². The van der Waals surface area contributed by atoms with E-state index in [9.17, 15) is 0 Å². The summed E-state index contributed by atoms with van der Waals surface area (Å²) in [6, 6.07) is 12.9. The molecule has 1 aromatic heterocycles. The maximum absolute atomic E-state index is 8.87. The molecule has 0 aliphatic carbocycles. The first-order valence-electron chi connectivity index (χ1n) is 5.07. The maximum Gasteiger partial charge on any atom is 0.148 e. The summed E-state index contributed by atoms with van der Waals surface area (Å²) in [5, 5.41) is 12.6. The van der Waals surface area contributed by atoms with Gasteiger partial charge in [0.2, 0.25) is 0 Å². The molecule has 0 unspecified atom stereocenters. The van der Waals surface area contributed by atoms with Crippen molar-refractivity contribution in [2.75, 3.05) is 0 Å². The number of oxime groups is 1. The Kier molecular flexibility index (Phi) is 3.56. The molecule has 1 heterocycles. The van der Waals surface area contributed by atoms with Crippen LogP contribution in [0, 0.1) is 11.3 Å². The average molecular weight is 226 g/mol. The summed E-state index contributed by atoms with van der Waals surface area (Å²) >= 11 is 0. The Hall–Kier alpha value is -2.54. The van der Waals surface area contributed by atoms with Gasteiger partial charge >= 0.3 is 0 Å². The fourth-order valence-corrected chi connectivity index (χ4v) is 1.32. The molecule has 0 fully saturated rings. The van der Waals surface area contributed by atoms with Gasteiger partial charge in [0, 0.05) is 5.56 Å². The Bertz CT molecular complexity index is 539. The summed E-state index contributed by atoms with van der Waals surface area (Å²) in [7, 11) is 0. The molecule has 84 valence electrons. The number of hydrogen-bond donors (Lipinski definition) is 0. The Balaban J connectivity index is 1.92. The van der Waals surface area contributed by atoms with Gasteiger partial charge in [0.15, 0.2) is 0 Å². The van der Waals surface area contributed by atoms with E-state index < -0.39 is 0 Å². The summed E-state index contributed by atoms with van der Waals surface area (Å²) < 4.78 is 5.05. The fraction of sp³-hybridized carbons (Fsp3) is 0.0769. The van der Waals surface area contributed by atoms with Gasteiger partial charge in [-0.05, 0) is 18.2 Å². The highest BCUT2D eigenvalue weighted by atomic mass is 16.6. The molecule has 4 nitrogen and oxygen atoms in total. The molecule has 0 saturated heterocycles. The predicted molar refractivity (Wildman–Crippen MR) is 62.2 cm³/mol. The zero-order valence-corrected chi connectivity index (χ0v) is 9.04. The van der Waals surface area contributed by atoms with Crippen molar-refractivity contribution in [1.29, 1.82) is 5.26 Å². The molecule has 0 saturated carbocycles. The molecule has 4 heteroatoms. The van der Waals surface area contributed by atoms with Crippen molar-refractivity contribution in [2.24, 2.45) is 5.16 Å². The average Bonchev–Trinajstić information content (AvgIpc) is 2.88. The second-order valence-corrected chi connectivity index (χ2v) is 3.29. The normalized spacial score (nSPS) is 10.3. The van der Waals surface area contributed by atoms with Gasteiger partial charge in [-0.25, -0.2) is 0 Å². The summed E-state index contributed by atoms with van der Waals surface area (Å²) in [6.45, 7) is 0.265. The van der Waals surface area contributed by atoms with E-state index in [1.54, 1.807) is 24.5 Å². The molecule has 0 bridgehead atoms. The van der Waals surface area contributed by atoms with E-state index in [0.29, 0.717) is 11.3 Å². The van der Waals surface area contributed by atoms with Crippen LogP contribution < -0.4 is 0 Å². The second-order valence-electron chi connectivity index (χ2n) is 3.29. The van der Waals surface area contributed by atoms with Gasteiger partial charge in [0.25, 0.3) is 0 Å². The smallest absolute Gasteiger partial charge is 0.148 e. The third-order valence-corrected chi connectivity index (χ3v) is 2.16. The molecule has 0 aliphatic rings. The van der Waals surface area contributed by atoms with E-state index in [1.807, 2.05) is 18.2 Å². The highest BCUT2D eigenvalue weighted by molar-refractivity contribution is 5.74. The second kappa shape index (κ2) is 5.52. The van der Waals surface area contributed by atoms with Gasteiger partial charge in [-0.2, -0.15) is 5.26 Å². The predicted octanol–water partition coefficient (Wildman–Crippen LogP) is 2.70. The minimum absolute atomic E-state index is 0.265. The summed E-state index contributed by atoms with van der Waals surface area (Å²) in [4.78, 5) is 5.09. The third kappa shape index (κ3) is 2.95. The SMILES string of the molecule is N#Cc1ccccc1CO/N=C/c1ccco1. The van der Waals surface area contributed by atoms with Crippen LogP contribution in [0.2, 0.25) is 0 Å². The number of benzene rings is 1. The van der Waals surface area contributed by atoms with Crippen LogP contribution in [0.5, 0.6) is 0 Å². The van der Waals surface area contributed by atoms with Gasteiger partial charge in [-0.15, -0.1) is 0 Å². The largest absolute Gasteiger partial charge is 0.463 e. The van der Waals surface area contributed by atoms with Crippen LogP contribution in [0.1, 0.15) is 16.9 Å². The molecule has 2 aromatic rings. The van der Waals surface area contributed by atoms with E-state index in [1.165, 1.54) is 6.21 Å². The maximum atomic E-state index is 8.87. The summed E-state index contributed by atoms with van der Waals surface area (Å²) in [6.07, 6.45) is 3.04. The van der Waals surface area contributed by atoms with E-state index in [0.717, 1.165) is 5.56 Å². The van der Waals surface area contributed by atoms with Crippen LogP contribution in [0.25, 0.3) is 0 Å². The molecule has 0 aliphatic heterocycles. The third-order valence-electron chi connectivity index (χ3n) is 2.16. The van der Waals surface area contributed by atoms with Crippen molar-refractivity contribution in [3.05, 3.63) is 59.5 Å². The van der Waals surface area contributed by atoms with Gasteiger partial charge in [-0.3, -0.25) is 0 Å². The van der Waals surface area contributed by atoms with Gasteiger partial charge in [0.1, 0.15) is 18.6 Å². The minimum Gasteiger partial charge on any atom is -0.463 e. The lowest BCUT2D eigenvalue weighted by molar-refractivity contribution is 0.131. The van der Waals surface area contributed by atoms with Crippen LogP contribution in [0.4, 0.5) is 0 Å². The highest BCUT2D eigenvalue weighted by Crippen LogP contribution is 2.08. The summed E-state index contributed by atoms with van der Waals surface area (Å²) in [5.41, 5.74) is 1.41. The number of nitriles is 1. The lowest BCUT2D eigenvalue weighted by Gasteiger charge is -2.00. The van der Waals surface area contributed by atoms with Crippen molar-refractivity contribution in [3.8, 4) is 6.07 Å². The summed E-state index contributed by atoms with van der Waals surface area (Å²) in [5.74, 6) is 0.624. The van der Waals surface area contributed by atoms with Crippen LogP contribution in [0.3, 0.4) is 0 Å². The molecule has 1 aromatic carbocycles. The van der Waals surface area contributed by atoms with Gasteiger partial charge in [-0.1, -0.05) is 23.4 Å². The first-order valence-corrected chi connectivity index (χ1v) is 5.07. The lowest BCUT2D eigenvalue weighted by atomic mass is 10.1. The Morgan fingerprint density at radius 1 is 1.29 bits per heavy atom. The number of nitrogens with zero attached hydrogens (tertiary/aromatic N) is 2. The van der Waals surface area contributed by atoms with E-state index in [4.69, 9.17) is 14.5 Å². The molecule has 0 N–H and O–H groups in total. The molecule has 0 spiro atoms. The number of hydrogen-bond acceptors (Lipinski definition) is 4. The number of rotatable bonds is 4. The monoisotopic (exact) mass is 226 g/mol. The van der Waals surface area contributed by atoms with Gasteiger partial charge < -0.3 is 9.25 Å². The zero-order chi connectivity index (χ0) is 11.9. The van der Waals surface area contributed by atoms with Crippen LogP contribution in [-0.4, -0.2) is 6.21 Å². The molecule has 17 heavy (non-hydrogen) atoms. The molecule has 0 amide bonds.